The van der Waals surface area contributed by atoms with E-state index >= 15 is 0 Å². The molecule has 6 heteroatoms. The molecule has 2 heterocycles. The van der Waals surface area contributed by atoms with Crippen LogP contribution in [0, 0.1) is 13.8 Å². The molecule has 1 saturated heterocycles. The van der Waals surface area contributed by atoms with Crippen LogP contribution in [-0.4, -0.2) is 23.5 Å². The van der Waals surface area contributed by atoms with Gasteiger partial charge in [0.1, 0.15) is 6.04 Å². The molecule has 0 radical (unpaired) electrons. The van der Waals surface area contributed by atoms with Crippen LogP contribution in [-0.2, 0) is 11.2 Å². The Morgan fingerprint density at radius 1 is 1.30 bits per heavy atom. The van der Waals surface area contributed by atoms with E-state index in [0.29, 0.717) is 6.54 Å². The van der Waals surface area contributed by atoms with Gasteiger partial charge in [0.25, 0.3) is 0 Å². The van der Waals surface area contributed by atoms with Crippen LogP contribution in [0.1, 0.15) is 33.6 Å². The highest BCUT2D eigenvalue weighted by Gasteiger charge is 2.31. The van der Waals surface area contributed by atoms with Crippen LogP contribution in [0.15, 0.2) is 30.3 Å². The van der Waals surface area contributed by atoms with E-state index in [-0.39, 0.29) is 18.0 Å². The highest BCUT2D eigenvalue weighted by atomic mass is 32.1. The number of amides is 1. The number of aryl methyl sites for hydroxylation is 2. The minimum atomic E-state index is -0.197. The molecule has 0 spiro atoms. The lowest BCUT2D eigenvalue weighted by Crippen LogP contribution is -2.43. The average molecular weight is 330 g/mol. The Morgan fingerprint density at radius 3 is 2.78 bits per heavy atom. The van der Waals surface area contributed by atoms with Crippen LogP contribution in [0.5, 0.6) is 0 Å². The molecule has 1 aliphatic heterocycles. The quantitative estimate of drug-likeness (QED) is 0.785. The molecule has 1 aromatic heterocycles. The zero-order valence-corrected chi connectivity index (χ0v) is 14.2. The highest BCUT2D eigenvalue weighted by molar-refractivity contribution is 7.11. The summed E-state index contributed by atoms with van der Waals surface area (Å²) in [6, 6.07) is 10.1. The summed E-state index contributed by atoms with van der Waals surface area (Å²) in [5, 5.41) is 4.08. The molecule has 122 valence electrons. The smallest absolute Gasteiger partial charge is 0.238 e. The van der Waals surface area contributed by atoms with Crippen molar-refractivity contribution in [1.29, 1.82) is 0 Å². The van der Waals surface area contributed by atoms with E-state index < -0.39 is 0 Å². The fraction of sp³-hybridized carbons (Fsp3) is 0.412. The number of benzene rings is 1. The Morgan fingerprint density at radius 2 is 2.09 bits per heavy atom. The summed E-state index contributed by atoms with van der Waals surface area (Å²) in [5.41, 5.74) is 8.62. The van der Waals surface area contributed by atoms with Crippen molar-refractivity contribution in [2.45, 2.75) is 38.8 Å². The lowest BCUT2D eigenvalue weighted by atomic mass is 10.1. The van der Waals surface area contributed by atoms with Gasteiger partial charge in [0, 0.05) is 11.4 Å². The van der Waals surface area contributed by atoms with Gasteiger partial charge in [0.05, 0.1) is 16.7 Å². The predicted octanol–water partition coefficient (Wildman–Crippen LogP) is 2.03. The summed E-state index contributed by atoms with van der Waals surface area (Å²) in [7, 11) is 0. The zero-order chi connectivity index (χ0) is 16.2. The molecule has 2 unspecified atom stereocenters. The van der Waals surface area contributed by atoms with Crippen LogP contribution in [0.25, 0.3) is 0 Å². The fourth-order valence-electron chi connectivity index (χ4n) is 2.87. The molecular formula is C17H22N4OS. The SMILES string of the molecule is Cc1nc(C)c(C2CC(C(=O)NCCc3ccccc3)NN2)s1. The van der Waals surface area contributed by atoms with Crippen molar-refractivity contribution in [1.82, 2.24) is 21.2 Å². The normalized spacial score (nSPS) is 20.6. The summed E-state index contributed by atoms with van der Waals surface area (Å²) < 4.78 is 0. The molecule has 3 N–H and O–H groups in total. The molecule has 1 fully saturated rings. The monoisotopic (exact) mass is 330 g/mol. The van der Waals surface area contributed by atoms with Crippen molar-refractivity contribution in [2.75, 3.05) is 6.54 Å². The number of rotatable bonds is 5. The van der Waals surface area contributed by atoms with Crippen molar-refractivity contribution >= 4 is 17.2 Å². The summed E-state index contributed by atoms with van der Waals surface area (Å²) in [5.74, 6) is 0.0508. The Balaban J connectivity index is 1.48. The third-order valence-corrected chi connectivity index (χ3v) is 5.22. The molecule has 2 atom stereocenters. The minimum Gasteiger partial charge on any atom is -0.354 e. The number of hydrazine groups is 1. The van der Waals surface area contributed by atoms with Gasteiger partial charge in [0.2, 0.25) is 5.91 Å². The van der Waals surface area contributed by atoms with E-state index in [1.807, 2.05) is 32.0 Å². The second-order valence-electron chi connectivity index (χ2n) is 5.84. The maximum atomic E-state index is 12.3. The maximum Gasteiger partial charge on any atom is 0.238 e. The Labute approximate surface area is 140 Å². The molecular weight excluding hydrogens is 308 g/mol. The van der Waals surface area contributed by atoms with Crippen LogP contribution >= 0.6 is 11.3 Å². The first-order chi connectivity index (χ1) is 11.1. The van der Waals surface area contributed by atoms with Gasteiger partial charge in [0.15, 0.2) is 0 Å². The van der Waals surface area contributed by atoms with Gasteiger partial charge in [-0.3, -0.25) is 4.79 Å². The minimum absolute atomic E-state index is 0.0508. The van der Waals surface area contributed by atoms with E-state index in [1.165, 1.54) is 10.4 Å². The first-order valence-corrected chi connectivity index (χ1v) is 8.72. The summed E-state index contributed by atoms with van der Waals surface area (Å²) in [6.07, 6.45) is 1.60. The lowest BCUT2D eigenvalue weighted by molar-refractivity contribution is -0.122. The third kappa shape index (κ3) is 3.96. The molecule has 5 nitrogen and oxygen atoms in total. The van der Waals surface area contributed by atoms with Crippen molar-refractivity contribution in [3.05, 3.63) is 51.5 Å². The predicted molar refractivity (Wildman–Crippen MR) is 92.2 cm³/mol. The third-order valence-electron chi connectivity index (χ3n) is 4.03. The van der Waals surface area contributed by atoms with Gasteiger partial charge >= 0.3 is 0 Å². The first kappa shape index (κ1) is 16.1. The lowest BCUT2D eigenvalue weighted by Gasteiger charge is -2.10. The largest absolute Gasteiger partial charge is 0.354 e. The molecule has 0 saturated carbocycles. The van der Waals surface area contributed by atoms with E-state index in [2.05, 4.69) is 33.3 Å². The molecule has 1 amide bonds. The topological polar surface area (TPSA) is 66.0 Å². The molecule has 3 rings (SSSR count). The number of hydrogen-bond acceptors (Lipinski definition) is 5. The molecule has 23 heavy (non-hydrogen) atoms. The molecule has 0 bridgehead atoms. The van der Waals surface area contributed by atoms with E-state index in [0.717, 1.165) is 23.5 Å². The fourth-order valence-corrected chi connectivity index (χ4v) is 3.86. The van der Waals surface area contributed by atoms with Crippen LogP contribution < -0.4 is 16.2 Å². The first-order valence-electron chi connectivity index (χ1n) is 7.90. The van der Waals surface area contributed by atoms with Crippen LogP contribution in [0.3, 0.4) is 0 Å². The second-order valence-corrected chi connectivity index (χ2v) is 7.07. The van der Waals surface area contributed by atoms with E-state index in [4.69, 9.17) is 0 Å². The maximum absolute atomic E-state index is 12.3. The van der Waals surface area contributed by atoms with Gasteiger partial charge in [-0.15, -0.1) is 11.3 Å². The van der Waals surface area contributed by atoms with Gasteiger partial charge in [-0.05, 0) is 32.3 Å². The Bertz CT molecular complexity index is 670. The Hall–Kier alpha value is -1.76. The number of nitrogens with one attached hydrogen (secondary N) is 3. The van der Waals surface area contributed by atoms with Gasteiger partial charge in [-0.25, -0.2) is 15.8 Å². The summed E-state index contributed by atoms with van der Waals surface area (Å²) >= 11 is 1.70. The Kier molecular flexibility index (Phi) is 5.05. The number of carbonyl (C=O) groups excluding carboxylic acids is 1. The zero-order valence-electron chi connectivity index (χ0n) is 13.4. The number of thiazole rings is 1. The van der Waals surface area contributed by atoms with Gasteiger partial charge in [-0.2, -0.15) is 0 Å². The molecule has 1 aliphatic rings. The molecule has 0 aliphatic carbocycles. The van der Waals surface area contributed by atoms with Crippen LogP contribution in [0.2, 0.25) is 0 Å². The highest BCUT2D eigenvalue weighted by Crippen LogP contribution is 2.29. The van der Waals surface area contributed by atoms with Crippen LogP contribution in [0.4, 0.5) is 0 Å². The van der Waals surface area contributed by atoms with E-state index in [9.17, 15) is 4.79 Å². The summed E-state index contributed by atoms with van der Waals surface area (Å²) in [6.45, 7) is 4.69. The van der Waals surface area contributed by atoms with Crippen molar-refractivity contribution < 1.29 is 4.79 Å². The number of hydrogen-bond donors (Lipinski definition) is 3. The van der Waals surface area contributed by atoms with Crippen molar-refractivity contribution in [3.63, 3.8) is 0 Å². The average Bonchev–Trinajstić information content (AvgIpc) is 3.14. The summed E-state index contributed by atoms with van der Waals surface area (Å²) in [4.78, 5) is 18.0. The van der Waals surface area contributed by atoms with Gasteiger partial charge < -0.3 is 5.32 Å². The van der Waals surface area contributed by atoms with E-state index in [1.54, 1.807) is 11.3 Å². The van der Waals surface area contributed by atoms with Gasteiger partial charge in [-0.1, -0.05) is 30.3 Å². The molecule has 1 aromatic carbocycles. The standard InChI is InChI=1S/C17H22N4OS/c1-11-16(23-12(2)19-11)14-10-15(21-20-14)17(22)18-9-8-13-6-4-3-5-7-13/h3-7,14-15,20-21H,8-10H2,1-2H3,(H,18,22). The van der Waals surface area contributed by atoms with Crippen molar-refractivity contribution in [3.8, 4) is 0 Å². The molecule has 2 aromatic rings. The van der Waals surface area contributed by atoms with Crippen molar-refractivity contribution in [2.24, 2.45) is 0 Å². The number of carbonyl (C=O) groups is 1. The number of nitrogens with zero attached hydrogens (tertiary/aromatic N) is 1. The second kappa shape index (κ2) is 7.21. The number of aromatic nitrogens is 1.